The number of hydrogen-bond acceptors (Lipinski definition) is 0. The Hall–Kier alpha value is -0.780. The monoisotopic (exact) mass is 959 g/mol. The molecule has 0 N–H and O–H groups in total. The summed E-state index contributed by atoms with van der Waals surface area (Å²) in [6.07, 6.45) is 55.7. The molecule has 19 aliphatic rings. The molecule has 19 fully saturated rings. The fourth-order valence-electron chi connectivity index (χ4n) is 20.8. The number of fused-ring (bicyclic) bond motifs is 10. The van der Waals surface area contributed by atoms with Gasteiger partial charge >= 0.3 is 0 Å². The fraction of sp³-hybridized carbons (Fsp3) is 0.914. The van der Waals surface area contributed by atoms with Gasteiger partial charge in [-0.05, 0) is 304 Å². The quantitative estimate of drug-likeness (QED) is 0.243. The summed E-state index contributed by atoms with van der Waals surface area (Å²) in [5.41, 5.74) is 3.72. The lowest BCUT2D eigenvalue weighted by atomic mass is 9.50. The van der Waals surface area contributed by atoms with E-state index in [2.05, 4.69) is 67.5 Å². The maximum atomic E-state index is 2.54. The molecule has 4 atom stereocenters. The van der Waals surface area contributed by atoms with Gasteiger partial charge in [0.05, 0.1) is 0 Å². The van der Waals surface area contributed by atoms with Crippen molar-refractivity contribution in [1.29, 1.82) is 0 Å². The third-order valence-corrected chi connectivity index (χ3v) is 24.9. The van der Waals surface area contributed by atoms with E-state index in [1.54, 1.807) is 135 Å². The molecular weight excluding hydrogens is 841 g/mol. The van der Waals surface area contributed by atoms with Gasteiger partial charge in [-0.15, -0.1) is 0 Å². The van der Waals surface area contributed by atoms with E-state index in [4.69, 9.17) is 0 Å². The molecule has 0 heteroatoms. The van der Waals surface area contributed by atoms with Crippen LogP contribution in [0, 0.1) is 124 Å². The van der Waals surface area contributed by atoms with Gasteiger partial charge in [-0.1, -0.05) is 136 Å². The van der Waals surface area contributed by atoms with Crippen LogP contribution in [0.3, 0.4) is 0 Å². The normalized spacial score (nSPS) is 47.2. The minimum atomic E-state index is 0.786. The molecule has 0 aromatic heterocycles. The summed E-state index contributed by atoms with van der Waals surface area (Å²) in [5, 5.41) is 0. The summed E-state index contributed by atoms with van der Waals surface area (Å²) in [7, 11) is 0. The SMILES string of the molecule is CC12CC3CC(CC(C3)C1)C2.CC12CCC(CC1)C2.CC12CCC(CC1)CC2.CC1C2CC3CC(C2)CC1C3.CC1CCCCC1.C[C@@H]1CC2CCC1C2.C[C@@H]1CC2CCC1CC2.Cc1ccccc1. The lowest BCUT2D eigenvalue weighted by molar-refractivity contribution is -0.0411. The molecule has 398 valence electrons. The highest BCUT2D eigenvalue weighted by molar-refractivity contribution is 5.11. The maximum absolute atomic E-state index is 2.54. The van der Waals surface area contributed by atoms with Gasteiger partial charge in [0.1, 0.15) is 0 Å². The van der Waals surface area contributed by atoms with Crippen LogP contribution in [0.4, 0.5) is 0 Å². The molecule has 19 saturated carbocycles. The Morgan fingerprint density at radius 2 is 0.757 bits per heavy atom. The van der Waals surface area contributed by atoms with Crippen LogP contribution in [-0.4, -0.2) is 0 Å². The first-order chi connectivity index (χ1) is 33.6. The van der Waals surface area contributed by atoms with Gasteiger partial charge in [-0.2, -0.15) is 0 Å². The van der Waals surface area contributed by atoms with Crippen molar-refractivity contribution in [3.63, 3.8) is 0 Å². The Bertz CT molecular complexity index is 1570. The highest BCUT2D eigenvalue weighted by atomic mass is 14.5. The second-order valence-corrected chi connectivity index (χ2v) is 31.3. The van der Waals surface area contributed by atoms with Crippen LogP contribution >= 0.6 is 0 Å². The van der Waals surface area contributed by atoms with Crippen LogP contribution in [0.5, 0.6) is 0 Å². The zero-order chi connectivity index (χ0) is 48.9. The Morgan fingerprint density at radius 3 is 1.03 bits per heavy atom. The van der Waals surface area contributed by atoms with E-state index in [0.717, 1.165) is 117 Å². The summed E-state index contributed by atoms with van der Waals surface area (Å²) in [5.74, 6) is 19.1. The smallest absolute Gasteiger partial charge is 0.0318 e. The predicted molar refractivity (Wildman–Crippen MR) is 304 cm³/mol. The minimum absolute atomic E-state index is 0.786. The number of rotatable bonds is 0. The highest BCUT2D eigenvalue weighted by Crippen LogP contribution is 2.60. The summed E-state index contributed by atoms with van der Waals surface area (Å²) < 4.78 is 0. The van der Waals surface area contributed by atoms with Crippen molar-refractivity contribution in [3.8, 4) is 0 Å². The zero-order valence-electron chi connectivity index (χ0n) is 48.2. The molecule has 0 radical (unpaired) electrons. The van der Waals surface area contributed by atoms with E-state index in [9.17, 15) is 0 Å². The summed E-state index contributed by atoms with van der Waals surface area (Å²) in [6.45, 7) is 19.3. The molecule has 0 heterocycles. The Morgan fingerprint density at radius 1 is 0.329 bits per heavy atom. The molecule has 0 saturated heterocycles. The van der Waals surface area contributed by atoms with E-state index in [1.165, 1.54) is 102 Å². The van der Waals surface area contributed by atoms with Crippen LogP contribution in [0.2, 0.25) is 0 Å². The molecule has 0 nitrogen and oxygen atoms in total. The third-order valence-electron chi connectivity index (χ3n) is 24.9. The predicted octanol–water partition coefficient (Wildman–Crippen LogP) is 21.7. The Labute approximate surface area is 437 Å². The standard InChI is InChI=1S/2C11H18.2C9H16.2C8H14.C7H14.C7H8/c1-11-5-8-2-9(6-11)4-10(3-8)7-11;1-7-10-3-8-2-9(5-10)6-11(7)4-8;1-9-5-2-8(3-6-9)4-7-9;1-7-6-8-2-4-9(7)5-3-8;1-8-4-2-7(6-8)3-5-8;1-6-4-7-2-3-8(6)5-7;2*1-7-5-3-2-4-6-7/h8-10H,2-7H2,1H3;7-11H,2-6H2,1H3;8H,2-7H2,1H3;7-9H,2-6H2,1H3;7H,2-6H2,1H3;6-8H,2-5H2,1H3;7H,2-6H2,1H3;2-6H,1H3/t;;;7-,8?,9?;;6-,7?,8?;;/m...1.1../s1. The van der Waals surface area contributed by atoms with Gasteiger partial charge in [0.2, 0.25) is 0 Å². The van der Waals surface area contributed by atoms with Crippen LogP contribution < -0.4 is 0 Å². The second-order valence-electron chi connectivity index (χ2n) is 31.3. The van der Waals surface area contributed by atoms with Gasteiger partial charge in [-0.25, -0.2) is 0 Å². The second kappa shape index (κ2) is 24.5. The zero-order valence-corrected chi connectivity index (χ0v) is 48.2. The van der Waals surface area contributed by atoms with E-state index in [1.807, 2.05) is 18.2 Å². The van der Waals surface area contributed by atoms with Crippen molar-refractivity contribution in [2.75, 3.05) is 0 Å². The molecule has 0 spiro atoms. The lowest BCUT2D eigenvalue weighted by Gasteiger charge is -2.55. The topological polar surface area (TPSA) is 0 Å². The number of hydrogen-bond donors (Lipinski definition) is 0. The maximum Gasteiger partial charge on any atom is -0.0318 e. The molecule has 1 aromatic rings. The van der Waals surface area contributed by atoms with Crippen molar-refractivity contribution < 1.29 is 0 Å². The molecule has 70 heavy (non-hydrogen) atoms. The van der Waals surface area contributed by atoms with Crippen LogP contribution in [0.15, 0.2) is 30.3 Å². The molecule has 2 unspecified atom stereocenters. The third kappa shape index (κ3) is 15.0. The van der Waals surface area contributed by atoms with Crippen molar-refractivity contribution in [2.45, 2.75) is 287 Å². The van der Waals surface area contributed by atoms with Gasteiger partial charge in [0.15, 0.2) is 0 Å². The Balaban J connectivity index is 0.0000000999. The highest BCUT2D eigenvalue weighted by Gasteiger charge is 2.49. The van der Waals surface area contributed by atoms with Crippen molar-refractivity contribution in [2.24, 2.45) is 117 Å². The molecule has 1 aromatic carbocycles. The van der Waals surface area contributed by atoms with Gasteiger partial charge in [0, 0.05) is 0 Å². The number of aryl methyl sites for hydroxylation is 1. The average Bonchev–Trinajstić information content (AvgIpc) is 4.15. The molecular formula is C70H118. The van der Waals surface area contributed by atoms with Gasteiger partial charge in [0.25, 0.3) is 0 Å². The van der Waals surface area contributed by atoms with Crippen molar-refractivity contribution in [3.05, 3.63) is 35.9 Å². The summed E-state index contributed by atoms with van der Waals surface area (Å²) in [4.78, 5) is 0. The van der Waals surface area contributed by atoms with Gasteiger partial charge in [-0.3, -0.25) is 0 Å². The van der Waals surface area contributed by atoms with Gasteiger partial charge < -0.3 is 0 Å². The molecule has 0 aliphatic heterocycles. The fourth-order valence-corrected chi connectivity index (χ4v) is 20.8. The molecule has 19 aliphatic carbocycles. The summed E-state index contributed by atoms with van der Waals surface area (Å²) >= 11 is 0. The van der Waals surface area contributed by atoms with E-state index < -0.39 is 0 Å². The lowest BCUT2D eigenvalue weighted by Crippen LogP contribution is -2.44. The van der Waals surface area contributed by atoms with E-state index in [-0.39, 0.29) is 0 Å². The Kier molecular flexibility index (Phi) is 18.9. The van der Waals surface area contributed by atoms with E-state index >= 15 is 0 Å². The molecule has 20 rings (SSSR count). The van der Waals surface area contributed by atoms with Crippen molar-refractivity contribution in [1.82, 2.24) is 0 Å². The first-order valence-corrected chi connectivity index (χ1v) is 32.7. The van der Waals surface area contributed by atoms with Crippen LogP contribution in [0.1, 0.15) is 285 Å². The van der Waals surface area contributed by atoms with Crippen LogP contribution in [0.25, 0.3) is 0 Å². The van der Waals surface area contributed by atoms with Crippen LogP contribution in [-0.2, 0) is 0 Å². The van der Waals surface area contributed by atoms with E-state index in [0.29, 0.717) is 0 Å². The average molecular weight is 960 g/mol. The number of benzene rings is 1. The first kappa shape index (κ1) is 54.0. The largest absolute Gasteiger partial charge is 0.0625 e. The van der Waals surface area contributed by atoms with Crippen molar-refractivity contribution >= 4 is 0 Å². The summed E-state index contributed by atoms with van der Waals surface area (Å²) in [6, 6.07) is 10.3. The molecule has 16 bridgehead atoms. The first-order valence-electron chi connectivity index (χ1n) is 32.7. The minimum Gasteiger partial charge on any atom is -0.0625 e. The molecule has 0 amide bonds.